The van der Waals surface area contributed by atoms with E-state index in [1.807, 2.05) is 6.92 Å². The van der Waals surface area contributed by atoms with Crippen molar-refractivity contribution in [3.8, 4) is 0 Å². The molecule has 88 valence electrons. The Morgan fingerprint density at radius 2 is 2.27 bits per heavy atom. The molecule has 1 fully saturated rings. The Labute approximate surface area is 92.0 Å². The zero-order valence-corrected chi connectivity index (χ0v) is 9.95. The second-order valence-corrected chi connectivity index (χ2v) is 4.12. The highest BCUT2D eigenvalue weighted by Crippen LogP contribution is 2.23. The van der Waals surface area contributed by atoms with Crippen LogP contribution in [-0.2, 0) is 9.53 Å². The monoisotopic (exact) mass is 214 g/mol. The molecule has 1 unspecified atom stereocenters. The van der Waals surface area contributed by atoms with Crippen LogP contribution in [0.2, 0.25) is 0 Å². The minimum absolute atomic E-state index is 0.147. The molecule has 0 aromatic rings. The molecule has 1 aliphatic rings. The highest BCUT2D eigenvalue weighted by molar-refractivity contribution is 5.76. The second-order valence-electron chi connectivity index (χ2n) is 4.12. The minimum Gasteiger partial charge on any atom is -0.465 e. The summed E-state index contributed by atoms with van der Waals surface area (Å²) in [5, 5.41) is 3.00. The third-order valence-electron chi connectivity index (χ3n) is 3.09. The highest BCUT2D eigenvalue weighted by atomic mass is 16.5. The molecular weight excluding hydrogens is 192 g/mol. The minimum atomic E-state index is -0.199. The van der Waals surface area contributed by atoms with Gasteiger partial charge in [0.15, 0.2) is 0 Å². The van der Waals surface area contributed by atoms with Crippen LogP contribution in [0.4, 0.5) is 0 Å². The van der Waals surface area contributed by atoms with Crippen molar-refractivity contribution in [3.63, 3.8) is 0 Å². The van der Waals surface area contributed by atoms with Crippen LogP contribution in [0, 0.1) is 0 Å². The maximum atomic E-state index is 11.5. The first kappa shape index (κ1) is 12.5. The summed E-state index contributed by atoms with van der Waals surface area (Å²) < 4.78 is 5.00. The van der Waals surface area contributed by atoms with Gasteiger partial charge in [-0.2, -0.15) is 0 Å². The normalized spacial score (nSPS) is 18.7. The summed E-state index contributed by atoms with van der Waals surface area (Å²) in [7, 11) is 3.88. The second kappa shape index (κ2) is 6.08. The largest absolute Gasteiger partial charge is 0.465 e. The van der Waals surface area contributed by atoms with Crippen molar-refractivity contribution >= 4 is 5.97 Å². The quantitative estimate of drug-likeness (QED) is 0.658. The lowest BCUT2D eigenvalue weighted by molar-refractivity contribution is -0.146. The third kappa shape index (κ3) is 3.47. The zero-order chi connectivity index (χ0) is 11.3. The number of nitrogens with zero attached hydrogens (tertiary/aromatic N) is 1. The Hall–Kier alpha value is -0.610. The van der Waals surface area contributed by atoms with Gasteiger partial charge in [-0.3, -0.25) is 4.79 Å². The number of esters is 1. The first-order valence-corrected chi connectivity index (χ1v) is 5.73. The van der Waals surface area contributed by atoms with Gasteiger partial charge in [0.2, 0.25) is 0 Å². The number of hydrogen-bond donors (Lipinski definition) is 1. The van der Waals surface area contributed by atoms with Crippen LogP contribution in [0.3, 0.4) is 0 Å². The fourth-order valence-corrected chi connectivity index (χ4v) is 1.79. The molecule has 1 rings (SSSR count). The molecule has 0 aromatic heterocycles. The maximum Gasteiger partial charge on any atom is 0.324 e. The number of likely N-dealkylation sites (N-methyl/N-ethyl adjacent to an activating group) is 2. The van der Waals surface area contributed by atoms with Gasteiger partial charge >= 0.3 is 5.97 Å². The van der Waals surface area contributed by atoms with Gasteiger partial charge in [-0.15, -0.1) is 0 Å². The van der Waals surface area contributed by atoms with Crippen molar-refractivity contribution < 1.29 is 9.53 Å². The van der Waals surface area contributed by atoms with Crippen LogP contribution in [0.25, 0.3) is 0 Å². The molecule has 1 aliphatic carbocycles. The number of rotatable bonds is 6. The molecule has 1 N–H and O–H groups in total. The van der Waals surface area contributed by atoms with E-state index in [0.717, 1.165) is 6.54 Å². The van der Waals surface area contributed by atoms with E-state index in [4.69, 9.17) is 4.74 Å². The Morgan fingerprint density at radius 1 is 1.60 bits per heavy atom. The number of nitrogens with one attached hydrogen (secondary N) is 1. The van der Waals surface area contributed by atoms with E-state index in [0.29, 0.717) is 12.6 Å². The van der Waals surface area contributed by atoms with E-state index in [9.17, 15) is 4.79 Å². The van der Waals surface area contributed by atoms with E-state index >= 15 is 0 Å². The summed E-state index contributed by atoms with van der Waals surface area (Å²) >= 11 is 0. The summed E-state index contributed by atoms with van der Waals surface area (Å²) in [6, 6.07) is 0.464. The highest BCUT2D eigenvalue weighted by Gasteiger charge is 2.26. The molecule has 0 aromatic carbocycles. The van der Waals surface area contributed by atoms with Crippen molar-refractivity contribution in [1.29, 1.82) is 0 Å². The topological polar surface area (TPSA) is 41.6 Å². The molecule has 1 atom stereocenters. The first-order valence-electron chi connectivity index (χ1n) is 5.73. The Kier molecular flexibility index (Phi) is 5.05. The van der Waals surface area contributed by atoms with Gasteiger partial charge in [0.05, 0.1) is 6.61 Å². The molecule has 0 aliphatic heterocycles. The van der Waals surface area contributed by atoms with Crippen molar-refractivity contribution in [2.45, 2.75) is 38.3 Å². The fraction of sp³-hybridized carbons (Fsp3) is 0.909. The summed E-state index contributed by atoms with van der Waals surface area (Å²) in [6.45, 7) is 3.02. The van der Waals surface area contributed by atoms with Gasteiger partial charge in [0.25, 0.3) is 0 Å². The molecule has 0 heterocycles. The average molecular weight is 214 g/mol. The molecule has 0 radical (unpaired) electrons. The van der Waals surface area contributed by atoms with Gasteiger partial charge < -0.3 is 15.0 Å². The van der Waals surface area contributed by atoms with Crippen molar-refractivity contribution in [1.82, 2.24) is 10.2 Å². The summed E-state index contributed by atoms with van der Waals surface area (Å²) in [5.74, 6) is -0.147. The maximum absolute atomic E-state index is 11.5. The Morgan fingerprint density at radius 3 is 2.67 bits per heavy atom. The number of ether oxygens (including phenoxy) is 1. The predicted octanol–water partition coefficient (Wildman–Crippen LogP) is 0.622. The Bertz CT molecular complexity index is 205. The van der Waals surface area contributed by atoms with Crippen LogP contribution in [0.5, 0.6) is 0 Å². The van der Waals surface area contributed by atoms with E-state index in [1.54, 1.807) is 7.05 Å². The van der Waals surface area contributed by atoms with Gasteiger partial charge in [0, 0.05) is 12.6 Å². The number of carbonyl (C=O) groups excluding carboxylic acids is 1. The summed E-state index contributed by atoms with van der Waals surface area (Å²) in [5.41, 5.74) is 0. The van der Waals surface area contributed by atoms with Crippen molar-refractivity contribution in [2.75, 3.05) is 27.2 Å². The van der Waals surface area contributed by atoms with E-state index in [-0.39, 0.29) is 12.0 Å². The SMILES string of the molecule is CCOC(=O)C(CN(C)C1CCC1)NC. The van der Waals surface area contributed by atoms with Crippen LogP contribution in [0.15, 0.2) is 0 Å². The van der Waals surface area contributed by atoms with Gasteiger partial charge in [-0.25, -0.2) is 0 Å². The van der Waals surface area contributed by atoms with Crippen molar-refractivity contribution in [2.24, 2.45) is 0 Å². The lowest BCUT2D eigenvalue weighted by Gasteiger charge is -2.36. The summed E-state index contributed by atoms with van der Waals surface area (Å²) in [4.78, 5) is 13.8. The molecule has 4 nitrogen and oxygen atoms in total. The number of carbonyl (C=O) groups is 1. The van der Waals surface area contributed by atoms with Crippen molar-refractivity contribution in [3.05, 3.63) is 0 Å². The lowest BCUT2D eigenvalue weighted by atomic mass is 9.91. The molecule has 0 spiro atoms. The standard InChI is InChI=1S/C11H22N2O2/c1-4-15-11(14)10(12-2)8-13(3)9-6-5-7-9/h9-10,12H,4-8H2,1-3H3. The van der Waals surface area contributed by atoms with Gasteiger partial charge in [-0.05, 0) is 33.9 Å². The average Bonchev–Trinajstić information content (AvgIpc) is 2.11. The van der Waals surface area contributed by atoms with E-state index in [1.165, 1.54) is 19.3 Å². The smallest absolute Gasteiger partial charge is 0.324 e. The van der Waals surface area contributed by atoms with Gasteiger partial charge in [-0.1, -0.05) is 6.42 Å². The fourth-order valence-electron chi connectivity index (χ4n) is 1.79. The van der Waals surface area contributed by atoms with Gasteiger partial charge in [0.1, 0.15) is 6.04 Å². The molecule has 15 heavy (non-hydrogen) atoms. The molecule has 0 saturated heterocycles. The molecule has 4 heteroatoms. The summed E-state index contributed by atoms with van der Waals surface area (Å²) in [6.07, 6.45) is 3.84. The zero-order valence-electron chi connectivity index (χ0n) is 9.95. The molecule has 0 bridgehead atoms. The van der Waals surface area contributed by atoms with Crippen LogP contribution in [-0.4, -0.2) is 50.2 Å². The molecule has 0 amide bonds. The van der Waals surface area contributed by atoms with E-state index < -0.39 is 0 Å². The number of hydrogen-bond acceptors (Lipinski definition) is 4. The predicted molar refractivity (Wildman–Crippen MR) is 59.7 cm³/mol. The van der Waals surface area contributed by atoms with Crippen LogP contribution in [0.1, 0.15) is 26.2 Å². The van der Waals surface area contributed by atoms with E-state index in [2.05, 4.69) is 17.3 Å². The Balaban J connectivity index is 2.34. The first-order chi connectivity index (χ1) is 7.19. The lowest BCUT2D eigenvalue weighted by Crippen LogP contribution is -2.48. The molecule has 1 saturated carbocycles. The molecular formula is C11H22N2O2. The van der Waals surface area contributed by atoms with Crippen LogP contribution < -0.4 is 5.32 Å². The van der Waals surface area contributed by atoms with Crippen LogP contribution >= 0.6 is 0 Å². The third-order valence-corrected chi connectivity index (χ3v) is 3.09.